The molecule has 0 unspecified atom stereocenters. The van der Waals surface area contributed by atoms with E-state index in [-0.39, 0.29) is 11.5 Å². The number of aromatic hydroxyl groups is 1. The second-order valence-corrected chi connectivity index (χ2v) is 4.30. The van der Waals surface area contributed by atoms with Gasteiger partial charge in [-0.15, -0.1) is 0 Å². The lowest BCUT2D eigenvalue weighted by Gasteiger charge is -2.03. The number of benzene rings is 1. The Morgan fingerprint density at radius 3 is 2.44 bits per heavy atom. The van der Waals surface area contributed by atoms with Gasteiger partial charge in [0, 0.05) is 16.1 Å². The van der Waals surface area contributed by atoms with Crippen LogP contribution in [0.25, 0.3) is 11.3 Å². The third-order valence-electron chi connectivity index (χ3n) is 2.22. The minimum atomic E-state index is -0.429. The van der Waals surface area contributed by atoms with E-state index in [4.69, 9.17) is 4.42 Å². The van der Waals surface area contributed by atoms with Gasteiger partial charge in [0.1, 0.15) is 11.5 Å². The molecule has 0 atom stereocenters. The Morgan fingerprint density at radius 1 is 1.25 bits per heavy atom. The largest absolute Gasteiger partial charge is 0.502 e. The van der Waals surface area contributed by atoms with Gasteiger partial charge in [0.2, 0.25) is 11.2 Å². The van der Waals surface area contributed by atoms with E-state index in [9.17, 15) is 9.90 Å². The van der Waals surface area contributed by atoms with Gasteiger partial charge in [-0.25, -0.2) is 0 Å². The van der Waals surface area contributed by atoms with Crippen LogP contribution in [0.5, 0.6) is 5.75 Å². The third kappa shape index (κ3) is 2.02. The van der Waals surface area contributed by atoms with E-state index in [0.717, 1.165) is 10.0 Å². The fourth-order valence-electron chi connectivity index (χ4n) is 1.36. The second-order valence-electron chi connectivity index (χ2n) is 3.39. The Bertz CT molecular complexity index is 570. The summed E-state index contributed by atoms with van der Waals surface area (Å²) in [5.74, 6) is 0.346. The fourth-order valence-corrected chi connectivity index (χ4v) is 1.62. The Hall–Kier alpha value is -1.55. The summed E-state index contributed by atoms with van der Waals surface area (Å²) in [6, 6.07) is 8.66. The second kappa shape index (κ2) is 4.14. The summed E-state index contributed by atoms with van der Waals surface area (Å²) in [6.07, 6.45) is 0. The molecule has 2 rings (SSSR count). The first-order valence-corrected chi connectivity index (χ1v) is 5.47. The smallest absolute Gasteiger partial charge is 0.227 e. The van der Waals surface area contributed by atoms with Crippen molar-refractivity contribution in [1.29, 1.82) is 0 Å². The SMILES string of the molecule is Cc1oc(-c2ccc(Br)cc2)cc(=O)c1O. The first-order valence-electron chi connectivity index (χ1n) is 4.67. The van der Waals surface area contributed by atoms with Gasteiger partial charge in [-0.05, 0) is 19.1 Å². The van der Waals surface area contributed by atoms with Crippen molar-refractivity contribution >= 4 is 15.9 Å². The average molecular weight is 281 g/mol. The topological polar surface area (TPSA) is 50.4 Å². The number of hydrogen-bond donors (Lipinski definition) is 1. The van der Waals surface area contributed by atoms with E-state index < -0.39 is 5.43 Å². The predicted molar refractivity (Wildman–Crippen MR) is 64.5 cm³/mol. The van der Waals surface area contributed by atoms with Crippen LogP contribution in [0.15, 0.2) is 44.0 Å². The standard InChI is InChI=1S/C12H9BrO3/c1-7-12(15)10(14)6-11(16-7)8-2-4-9(13)5-3-8/h2-6,15H,1H3. The molecule has 1 aromatic carbocycles. The van der Waals surface area contributed by atoms with Gasteiger partial charge in [-0.1, -0.05) is 28.1 Å². The molecule has 0 spiro atoms. The van der Waals surface area contributed by atoms with Gasteiger partial charge < -0.3 is 9.52 Å². The molecule has 3 nitrogen and oxygen atoms in total. The quantitative estimate of drug-likeness (QED) is 0.873. The maximum absolute atomic E-state index is 11.4. The maximum Gasteiger partial charge on any atom is 0.227 e. The van der Waals surface area contributed by atoms with Gasteiger partial charge in [0.15, 0.2) is 0 Å². The maximum atomic E-state index is 11.4. The fraction of sp³-hybridized carbons (Fsp3) is 0.0833. The van der Waals surface area contributed by atoms with Crippen molar-refractivity contribution < 1.29 is 9.52 Å². The van der Waals surface area contributed by atoms with Crippen molar-refractivity contribution in [2.75, 3.05) is 0 Å². The summed E-state index contributed by atoms with van der Waals surface area (Å²) in [5.41, 5.74) is 0.366. The molecule has 16 heavy (non-hydrogen) atoms. The highest BCUT2D eigenvalue weighted by Crippen LogP contribution is 2.23. The van der Waals surface area contributed by atoms with Gasteiger partial charge in [-0.3, -0.25) is 4.79 Å². The minimum absolute atomic E-state index is 0.227. The van der Waals surface area contributed by atoms with E-state index in [0.29, 0.717) is 5.76 Å². The molecule has 0 fully saturated rings. The third-order valence-corrected chi connectivity index (χ3v) is 2.75. The Labute approximate surface area is 100 Å². The molecule has 0 saturated heterocycles. The lowest BCUT2D eigenvalue weighted by molar-refractivity contribution is 0.417. The normalized spacial score (nSPS) is 10.4. The van der Waals surface area contributed by atoms with E-state index >= 15 is 0 Å². The summed E-state index contributed by atoms with van der Waals surface area (Å²) in [5, 5.41) is 9.31. The van der Waals surface area contributed by atoms with Crippen LogP contribution in [-0.2, 0) is 0 Å². The molecule has 0 amide bonds. The Balaban J connectivity index is 2.57. The molecule has 0 bridgehead atoms. The molecule has 0 aliphatic heterocycles. The number of rotatable bonds is 1. The predicted octanol–water partition coefficient (Wildman–Crippen LogP) is 3.08. The molecule has 1 N–H and O–H groups in total. The minimum Gasteiger partial charge on any atom is -0.502 e. The van der Waals surface area contributed by atoms with Crippen LogP contribution in [0.1, 0.15) is 5.76 Å². The van der Waals surface area contributed by atoms with Crippen LogP contribution in [0.3, 0.4) is 0 Å². The highest BCUT2D eigenvalue weighted by atomic mass is 79.9. The lowest BCUT2D eigenvalue weighted by Crippen LogP contribution is -2.00. The van der Waals surface area contributed by atoms with Crippen molar-refractivity contribution in [1.82, 2.24) is 0 Å². The first-order chi connectivity index (χ1) is 7.58. The Morgan fingerprint density at radius 2 is 1.88 bits per heavy atom. The summed E-state index contributed by atoms with van der Waals surface area (Å²) in [7, 11) is 0. The van der Waals surface area contributed by atoms with E-state index in [1.54, 1.807) is 6.92 Å². The van der Waals surface area contributed by atoms with Crippen molar-refractivity contribution in [2.24, 2.45) is 0 Å². The van der Waals surface area contributed by atoms with E-state index in [1.165, 1.54) is 6.07 Å². The van der Waals surface area contributed by atoms with E-state index in [2.05, 4.69) is 15.9 Å². The number of hydrogen-bond acceptors (Lipinski definition) is 3. The van der Waals surface area contributed by atoms with Crippen molar-refractivity contribution in [3.63, 3.8) is 0 Å². The molecular formula is C12H9BrO3. The van der Waals surface area contributed by atoms with Crippen LogP contribution >= 0.6 is 15.9 Å². The van der Waals surface area contributed by atoms with Crippen molar-refractivity contribution in [3.05, 3.63) is 50.8 Å². The van der Waals surface area contributed by atoms with Crippen molar-refractivity contribution in [3.8, 4) is 17.1 Å². The molecule has 82 valence electrons. The molecule has 0 aliphatic carbocycles. The average Bonchev–Trinajstić information content (AvgIpc) is 2.26. The van der Waals surface area contributed by atoms with Gasteiger partial charge >= 0.3 is 0 Å². The molecule has 1 aromatic heterocycles. The summed E-state index contributed by atoms with van der Waals surface area (Å²) < 4.78 is 6.30. The molecular weight excluding hydrogens is 272 g/mol. The molecule has 4 heteroatoms. The zero-order valence-corrected chi connectivity index (χ0v) is 10.1. The van der Waals surface area contributed by atoms with Gasteiger partial charge in [0.05, 0.1) is 0 Å². The monoisotopic (exact) mass is 280 g/mol. The highest BCUT2D eigenvalue weighted by molar-refractivity contribution is 9.10. The summed E-state index contributed by atoms with van der Waals surface area (Å²) in [4.78, 5) is 11.4. The van der Waals surface area contributed by atoms with Crippen molar-refractivity contribution in [2.45, 2.75) is 6.92 Å². The van der Waals surface area contributed by atoms with Crippen LogP contribution in [-0.4, -0.2) is 5.11 Å². The van der Waals surface area contributed by atoms with Crippen LogP contribution < -0.4 is 5.43 Å². The molecule has 0 saturated carbocycles. The van der Waals surface area contributed by atoms with Gasteiger partial charge in [-0.2, -0.15) is 0 Å². The molecule has 2 aromatic rings. The Kier molecular flexibility index (Phi) is 2.83. The zero-order chi connectivity index (χ0) is 11.7. The molecule has 1 heterocycles. The lowest BCUT2D eigenvalue weighted by atomic mass is 10.1. The van der Waals surface area contributed by atoms with Crippen LogP contribution in [0, 0.1) is 6.92 Å². The highest BCUT2D eigenvalue weighted by Gasteiger charge is 2.08. The van der Waals surface area contributed by atoms with Crippen LogP contribution in [0.2, 0.25) is 0 Å². The van der Waals surface area contributed by atoms with Crippen LogP contribution in [0.4, 0.5) is 0 Å². The molecule has 0 radical (unpaired) electrons. The number of aryl methyl sites for hydroxylation is 1. The van der Waals surface area contributed by atoms with E-state index in [1.807, 2.05) is 24.3 Å². The first kappa shape index (κ1) is 11.0. The van der Waals surface area contributed by atoms with Gasteiger partial charge in [0.25, 0.3) is 0 Å². The summed E-state index contributed by atoms with van der Waals surface area (Å²) in [6.45, 7) is 1.55. The zero-order valence-electron chi connectivity index (χ0n) is 8.53. The summed E-state index contributed by atoms with van der Waals surface area (Å²) >= 11 is 3.33. The molecule has 0 aliphatic rings. The number of halogens is 1.